The van der Waals surface area contributed by atoms with E-state index in [-0.39, 0.29) is 0 Å². The van der Waals surface area contributed by atoms with Crippen LogP contribution in [0.1, 0.15) is 11.1 Å². The van der Waals surface area contributed by atoms with Crippen LogP contribution in [0.4, 0.5) is 5.82 Å². The molecule has 0 aliphatic carbocycles. The van der Waals surface area contributed by atoms with Crippen molar-refractivity contribution >= 4 is 17.4 Å². The van der Waals surface area contributed by atoms with E-state index in [1.54, 1.807) is 6.20 Å². The third kappa shape index (κ3) is 1.76. The van der Waals surface area contributed by atoms with Gasteiger partial charge in [-0.1, -0.05) is 11.8 Å². The molecule has 0 fully saturated rings. The summed E-state index contributed by atoms with van der Waals surface area (Å²) in [6, 6.07) is 2.07. The summed E-state index contributed by atoms with van der Waals surface area (Å²) in [7, 11) is 0. The molecule has 1 aliphatic rings. The molecule has 0 spiro atoms. The molecule has 0 radical (unpaired) electrons. The first-order chi connectivity index (χ1) is 6.40. The number of nitrogens with zero attached hydrogens (tertiary/aromatic N) is 1. The number of pyridine rings is 1. The first-order valence-corrected chi connectivity index (χ1v) is 4.71. The summed E-state index contributed by atoms with van der Waals surface area (Å²) in [5.74, 6) is 7.13. The fraction of sp³-hybridized carbons (Fsp3) is 0.300. The van der Waals surface area contributed by atoms with Gasteiger partial charge in [-0.2, -0.15) is 0 Å². The van der Waals surface area contributed by atoms with Gasteiger partial charge in [0.05, 0.1) is 5.88 Å². The van der Waals surface area contributed by atoms with Crippen molar-refractivity contribution in [2.24, 2.45) is 0 Å². The number of halogens is 1. The Morgan fingerprint density at radius 1 is 1.62 bits per heavy atom. The molecule has 0 aromatic carbocycles. The largest absolute Gasteiger partial charge is 0.370 e. The molecule has 2 heterocycles. The average Bonchev–Trinajstić information content (AvgIpc) is 2.61. The number of anilines is 1. The number of rotatable bonds is 0. The Balaban J connectivity index is 2.31. The van der Waals surface area contributed by atoms with Crippen molar-refractivity contribution in [3.63, 3.8) is 0 Å². The summed E-state index contributed by atoms with van der Waals surface area (Å²) in [5, 5.41) is 3.20. The van der Waals surface area contributed by atoms with Crippen LogP contribution in [0, 0.1) is 11.8 Å². The van der Waals surface area contributed by atoms with Crippen molar-refractivity contribution in [3.05, 3.63) is 23.4 Å². The van der Waals surface area contributed by atoms with Crippen LogP contribution in [-0.4, -0.2) is 17.4 Å². The van der Waals surface area contributed by atoms with Crippen LogP contribution in [0.3, 0.4) is 0 Å². The summed E-state index contributed by atoms with van der Waals surface area (Å²) in [6.07, 6.45) is 2.81. The van der Waals surface area contributed by atoms with Crippen LogP contribution < -0.4 is 5.32 Å². The monoisotopic (exact) mass is 192 g/mol. The fourth-order valence-corrected chi connectivity index (χ4v) is 1.45. The van der Waals surface area contributed by atoms with E-state index in [9.17, 15) is 0 Å². The molecule has 3 heteroatoms. The second-order valence-electron chi connectivity index (χ2n) is 2.84. The lowest BCUT2D eigenvalue weighted by Crippen LogP contribution is -1.92. The van der Waals surface area contributed by atoms with E-state index in [1.165, 1.54) is 5.56 Å². The minimum absolute atomic E-state index is 0.370. The van der Waals surface area contributed by atoms with Crippen LogP contribution in [0.15, 0.2) is 12.3 Å². The molecule has 0 saturated carbocycles. The molecule has 1 aromatic heterocycles. The summed E-state index contributed by atoms with van der Waals surface area (Å²) in [6.45, 7) is 0.981. The summed E-state index contributed by atoms with van der Waals surface area (Å²) in [5.41, 5.74) is 2.20. The number of hydrogen-bond acceptors (Lipinski definition) is 2. The Hall–Kier alpha value is -1.20. The van der Waals surface area contributed by atoms with E-state index in [0.717, 1.165) is 24.3 Å². The predicted molar refractivity (Wildman–Crippen MR) is 54.0 cm³/mol. The van der Waals surface area contributed by atoms with E-state index >= 15 is 0 Å². The Bertz CT molecular complexity index is 376. The minimum Gasteiger partial charge on any atom is -0.370 e. The maximum absolute atomic E-state index is 5.46. The Morgan fingerprint density at radius 2 is 2.54 bits per heavy atom. The van der Waals surface area contributed by atoms with E-state index in [0.29, 0.717) is 5.88 Å². The standard InChI is InChI=1S/C10H9ClN2/c11-4-1-2-8-6-9-3-5-12-10(9)13-7-8/h6-7H,3-5H2,(H,12,13). The van der Waals surface area contributed by atoms with Gasteiger partial charge < -0.3 is 5.32 Å². The molecule has 13 heavy (non-hydrogen) atoms. The quantitative estimate of drug-likeness (QED) is 0.500. The Kier molecular flexibility index (Phi) is 2.37. The smallest absolute Gasteiger partial charge is 0.129 e. The lowest BCUT2D eigenvalue weighted by molar-refractivity contribution is 1.11. The molecule has 1 aliphatic heterocycles. The topological polar surface area (TPSA) is 24.9 Å². The molecule has 2 rings (SSSR count). The molecule has 0 unspecified atom stereocenters. The molecular formula is C10H9ClN2. The average molecular weight is 193 g/mol. The highest BCUT2D eigenvalue weighted by Crippen LogP contribution is 2.19. The van der Waals surface area contributed by atoms with Gasteiger partial charge >= 0.3 is 0 Å². The van der Waals surface area contributed by atoms with E-state index in [4.69, 9.17) is 11.6 Å². The maximum atomic E-state index is 5.46. The molecule has 0 atom stereocenters. The number of hydrogen-bond donors (Lipinski definition) is 1. The van der Waals surface area contributed by atoms with E-state index < -0.39 is 0 Å². The highest BCUT2D eigenvalue weighted by molar-refractivity contribution is 6.19. The number of nitrogens with one attached hydrogen (secondary N) is 1. The lowest BCUT2D eigenvalue weighted by Gasteiger charge is -1.97. The van der Waals surface area contributed by atoms with Crippen molar-refractivity contribution in [1.29, 1.82) is 0 Å². The van der Waals surface area contributed by atoms with Crippen molar-refractivity contribution < 1.29 is 0 Å². The highest BCUT2D eigenvalue weighted by Gasteiger charge is 2.10. The van der Waals surface area contributed by atoms with Crippen molar-refractivity contribution in [2.45, 2.75) is 6.42 Å². The van der Waals surface area contributed by atoms with Gasteiger partial charge in [-0.3, -0.25) is 0 Å². The third-order valence-corrected chi connectivity index (χ3v) is 2.09. The summed E-state index contributed by atoms with van der Waals surface area (Å²) in [4.78, 5) is 4.26. The lowest BCUT2D eigenvalue weighted by atomic mass is 10.2. The highest BCUT2D eigenvalue weighted by atomic mass is 35.5. The predicted octanol–water partition coefficient (Wildman–Crippen LogP) is 1.64. The van der Waals surface area contributed by atoms with Gasteiger partial charge in [0.2, 0.25) is 0 Å². The molecule has 2 nitrogen and oxygen atoms in total. The van der Waals surface area contributed by atoms with Gasteiger partial charge in [0.25, 0.3) is 0 Å². The molecular weight excluding hydrogens is 184 g/mol. The van der Waals surface area contributed by atoms with Gasteiger partial charge in [0.1, 0.15) is 5.82 Å². The van der Waals surface area contributed by atoms with Crippen LogP contribution in [0.2, 0.25) is 0 Å². The summed E-state index contributed by atoms with van der Waals surface area (Å²) < 4.78 is 0. The molecule has 0 bridgehead atoms. The minimum atomic E-state index is 0.370. The first kappa shape index (κ1) is 8.40. The van der Waals surface area contributed by atoms with Crippen molar-refractivity contribution in [1.82, 2.24) is 4.98 Å². The Morgan fingerprint density at radius 3 is 3.38 bits per heavy atom. The zero-order valence-electron chi connectivity index (χ0n) is 7.10. The first-order valence-electron chi connectivity index (χ1n) is 4.18. The second-order valence-corrected chi connectivity index (χ2v) is 3.11. The van der Waals surface area contributed by atoms with Crippen LogP contribution >= 0.6 is 11.6 Å². The van der Waals surface area contributed by atoms with Crippen LogP contribution in [0.5, 0.6) is 0 Å². The third-order valence-electron chi connectivity index (χ3n) is 1.95. The van der Waals surface area contributed by atoms with Gasteiger partial charge in [0.15, 0.2) is 0 Å². The van der Waals surface area contributed by atoms with Crippen LogP contribution in [0.25, 0.3) is 0 Å². The molecule has 0 saturated heterocycles. The fourth-order valence-electron chi connectivity index (χ4n) is 1.38. The van der Waals surface area contributed by atoms with Gasteiger partial charge in [0, 0.05) is 18.3 Å². The van der Waals surface area contributed by atoms with Crippen molar-refractivity contribution in [2.75, 3.05) is 17.7 Å². The van der Waals surface area contributed by atoms with Gasteiger partial charge in [-0.15, -0.1) is 11.6 Å². The number of fused-ring (bicyclic) bond motifs is 1. The number of alkyl halides is 1. The van der Waals surface area contributed by atoms with Gasteiger partial charge in [-0.05, 0) is 18.1 Å². The van der Waals surface area contributed by atoms with Crippen molar-refractivity contribution in [3.8, 4) is 11.8 Å². The summed E-state index contributed by atoms with van der Waals surface area (Å²) >= 11 is 5.46. The second kappa shape index (κ2) is 3.68. The van der Waals surface area contributed by atoms with E-state index in [1.807, 2.05) is 0 Å². The molecule has 1 aromatic rings. The van der Waals surface area contributed by atoms with Crippen LogP contribution in [-0.2, 0) is 6.42 Å². The number of aromatic nitrogens is 1. The normalized spacial score (nSPS) is 12.7. The van der Waals surface area contributed by atoms with E-state index in [2.05, 4.69) is 28.2 Å². The zero-order valence-corrected chi connectivity index (χ0v) is 7.86. The molecule has 66 valence electrons. The SMILES string of the molecule is ClCC#Cc1cnc2c(c1)CCN2. The molecule has 1 N–H and O–H groups in total. The zero-order chi connectivity index (χ0) is 9.10. The Labute approximate surface area is 82.3 Å². The molecule has 0 amide bonds. The maximum Gasteiger partial charge on any atom is 0.129 e. The van der Waals surface area contributed by atoms with Gasteiger partial charge in [-0.25, -0.2) is 4.98 Å².